The summed E-state index contributed by atoms with van der Waals surface area (Å²) in [6.07, 6.45) is 7.83. The average Bonchev–Trinajstić information content (AvgIpc) is 2.39. The lowest BCUT2D eigenvalue weighted by Crippen LogP contribution is -2.35. The molecule has 2 atom stereocenters. The van der Waals surface area contributed by atoms with Gasteiger partial charge in [-0.15, -0.1) is 0 Å². The molecule has 0 radical (unpaired) electrons. The van der Waals surface area contributed by atoms with Crippen LogP contribution in [-0.2, 0) is 4.74 Å². The molecule has 0 fully saturated rings. The Morgan fingerprint density at radius 3 is 2.68 bits per heavy atom. The van der Waals surface area contributed by atoms with Crippen LogP contribution in [0.1, 0.15) is 26.7 Å². The highest BCUT2D eigenvalue weighted by molar-refractivity contribution is 9.10. The number of hydrogen-bond donors (Lipinski definition) is 1. The first kappa shape index (κ1) is 14.5. The topological polar surface area (TPSA) is 45.6 Å². The maximum absolute atomic E-state index is 10.2. The summed E-state index contributed by atoms with van der Waals surface area (Å²) in [6.45, 7) is 4.06. The van der Waals surface area contributed by atoms with Gasteiger partial charge in [0.1, 0.15) is 0 Å². The van der Waals surface area contributed by atoms with Gasteiger partial charge < -0.3 is 4.74 Å². The van der Waals surface area contributed by atoms with E-state index in [1.807, 2.05) is 32.1 Å². The summed E-state index contributed by atoms with van der Waals surface area (Å²) in [5, 5.41) is 11.4. The second-order valence-corrected chi connectivity index (χ2v) is 5.85. The molecule has 19 heavy (non-hydrogen) atoms. The Kier molecular flexibility index (Phi) is 4.96. The smallest absolute Gasteiger partial charge is 0.152 e. The van der Waals surface area contributed by atoms with Crippen LogP contribution in [0.5, 0.6) is 0 Å². The Morgan fingerprint density at radius 2 is 2.16 bits per heavy atom. The third kappa shape index (κ3) is 4.03. The first-order chi connectivity index (χ1) is 9.06. The molecule has 5 heteroatoms. The zero-order valence-electron chi connectivity index (χ0n) is 11.2. The molecule has 1 aliphatic carbocycles. The van der Waals surface area contributed by atoms with Gasteiger partial charge in [0.05, 0.1) is 18.2 Å². The highest BCUT2D eigenvalue weighted by atomic mass is 79.9. The van der Waals surface area contributed by atoms with Crippen molar-refractivity contribution in [2.45, 2.75) is 44.9 Å². The minimum absolute atomic E-state index is 0.0410. The molecule has 1 heterocycles. The highest BCUT2D eigenvalue weighted by Gasteiger charge is 2.22. The molecule has 2 rings (SSSR count). The van der Waals surface area contributed by atoms with Crippen molar-refractivity contribution in [2.75, 3.05) is 5.06 Å². The van der Waals surface area contributed by atoms with Crippen molar-refractivity contribution in [1.82, 2.24) is 4.98 Å². The van der Waals surface area contributed by atoms with Crippen LogP contribution >= 0.6 is 15.9 Å². The lowest BCUT2D eigenvalue weighted by Gasteiger charge is -2.29. The summed E-state index contributed by atoms with van der Waals surface area (Å²) in [4.78, 5) is 4.18. The normalized spacial score (nSPS) is 22.8. The van der Waals surface area contributed by atoms with Crippen molar-refractivity contribution in [1.29, 1.82) is 0 Å². The van der Waals surface area contributed by atoms with Gasteiger partial charge in [0.2, 0.25) is 0 Å². The maximum Gasteiger partial charge on any atom is 0.152 e. The van der Waals surface area contributed by atoms with Crippen molar-refractivity contribution < 1.29 is 9.94 Å². The Morgan fingerprint density at radius 1 is 1.37 bits per heavy atom. The van der Waals surface area contributed by atoms with Crippen LogP contribution in [0, 0.1) is 0 Å². The molecule has 4 nitrogen and oxygen atoms in total. The van der Waals surface area contributed by atoms with Crippen LogP contribution in [0.15, 0.2) is 35.0 Å². The van der Waals surface area contributed by atoms with Crippen LogP contribution in [0.4, 0.5) is 5.82 Å². The van der Waals surface area contributed by atoms with E-state index in [9.17, 15) is 5.21 Å². The predicted octanol–water partition coefficient (Wildman–Crippen LogP) is 3.55. The molecule has 0 unspecified atom stereocenters. The number of anilines is 1. The largest absolute Gasteiger partial charge is 0.372 e. The van der Waals surface area contributed by atoms with Crippen LogP contribution in [0.25, 0.3) is 0 Å². The molecule has 104 valence electrons. The molecular formula is C14H19BrN2O2. The van der Waals surface area contributed by atoms with Crippen molar-refractivity contribution in [2.24, 2.45) is 0 Å². The summed E-state index contributed by atoms with van der Waals surface area (Å²) in [7, 11) is 0. The van der Waals surface area contributed by atoms with E-state index in [1.165, 1.54) is 5.06 Å². The molecule has 0 aliphatic heterocycles. The lowest BCUT2D eigenvalue weighted by atomic mass is 10.00. The molecular weight excluding hydrogens is 308 g/mol. The second kappa shape index (κ2) is 6.50. The maximum atomic E-state index is 10.2. The fourth-order valence-electron chi connectivity index (χ4n) is 2.12. The number of pyridine rings is 1. The number of halogens is 1. The minimum Gasteiger partial charge on any atom is -0.372 e. The van der Waals surface area contributed by atoms with Crippen molar-refractivity contribution in [3.8, 4) is 0 Å². The van der Waals surface area contributed by atoms with Gasteiger partial charge in [-0.1, -0.05) is 12.2 Å². The number of nitrogens with zero attached hydrogens (tertiary/aromatic N) is 2. The molecule has 0 aromatic carbocycles. The number of ether oxygens (including phenoxy) is 1. The summed E-state index contributed by atoms with van der Waals surface area (Å²) in [6, 6.07) is 3.61. The Bertz CT molecular complexity index is 434. The molecule has 1 aromatic heterocycles. The number of hydroxylamine groups is 1. The van der Waals surface area contributed by atoms with Gasteiger partial charge in [0.15, 0.2) is 5.82 Å². The van der Waals surface area contributed by atoms with Gasteiger partial charge in [-0.3, -0.25) is 5.21 Å². The molecule has 1 N–H and O–H groups in total. The van der Waals surface area contributed by atoms with E-state index >= 15 is 0 Å². The molecule has 1 aliphatic rings. The summed E-state index contributed by atoms with van der Waals surface area (Å²) < 4.78 is 6.63. The molecule has 0 saturated carbocycles. The van der Waals surface area contributed by atoms with Crippen LogP contribution in [0.3, 0.4) is 0 Å². The number of hydrogen-bond acceptors (Lipinski definition) is 4. The fraction of sp³-hybridized carbons (Fsp3) is 0.500. The third-order valence-corrected chi connectivity index (χ3v) is 3.47. The van der Waals surface area contributed by atoms with E-state index in [2.05, 4.69) is 20.9 Å². The van der Waals surface area contributed by atoms with Gasteiger partial charge >= 0.3 is 0 Å². The zero-order valence-corrected chi connectivity index (χ0v) is 12.7. The Balaban J connectivity index is 1.98. The quantitative estimate of drug-likeness (QED) is 0.678. The van der Waals surface area contributed by atoms with E-state index in [4.69, 9.17) is 4.74 Å². The standard InChI is InChI=1S/C14H19BrN2O2/c1-10(2)19-13-6-4-12(5-7-13)17(18)14-8-3-11(15)9-16-14/h3-4,6,8-10,12-13,18H,5,7H2,1-2H3/t12-,13-/m0/s1. The Hall–Kier alpha value is -0.910. The predicted molar refractivity (Wildman–Crippen MR) is 78.4 cm³/mol. The van der Waals surface area contributed by atoms with Crippen molar-refractivity contribution in [3.63, 3.8) is 0 Å². The lowest BCUT2D eigenvalue weighted by molar-refractivity contribution is 0.0249. The van der Waals surface area contributed by atoms with Gasteiger partial charge in [0.25, 0.3) is 0 Å². The van der Waals surface area contributed by atoms with E-state index in [0.717, 1.165) is 17.3 Å². The molecule has 0 spiro atoms. The SMILES string of the molecule is CC(C)O[C@H]1C=C[C@H](N(O)c2ccc(Br)cn2)CC1. The summed E-state index contributed by atoms with van der Waals surface area (Å²) >= 11 is 3.33. The molecule has 0 saturated heterocycles. The second-order valence-electron chi connectivity index (χ2n) is 4.93. The zero-order chi connectivity index (χ0) is 13.8. The average molecular weight is 327 g/mol. The summed E-state index contributed by atoms with van der Waals surface area (Å²) in [5.41, 5.74) is 0. The van der Waals surface area contributed by atoms with Gasteiger partial charge in [0, 0.05) is 10.7 Å². The van der Waals surface area contributed by atoms with Crippen LogP contribution in [-0.4, -0.2) is 28.4 Å². The van der Waals surface area contributed by atoms with E-state index in [-0.39, 0.29) is 18.2 Å². The van der Waals surface area contributed by atoms with E-state index in [0.29, 0.717) is 5.82 Å². The van der Waals surface area contributed by atoms with Crippen molar-refractivity contribution >= 4 is 21.7 Å². The first-order valence-electron chi connectivity index (χ1n) is 6.49. The molecule has 1 aromatic rings. The van der Waals surface area contributed by atoms with Gasteiger partial charge in [-0.05, 0) is 54.8 Å². The third-order valence-electron chi connectivity index (χ3n) is 3.00. The number of rotatable bonds is 4. The molecule has 0 bridgehead atoms. The first-order valence-corrected chi connectivity index (χ1v) is 7.29. The van der Waals surface area contributed by atoms with Gasteiger partial charge in [-0.25, -0.2) is 10.0 Å². The Labute approximate surface area is 122 Å². The monoisotopic (exact) mass is 326 g/mol. The van der Waals surface area contributed by atoms with E-state index < -0.39 is 0 Å². The fourth-order valence-corrected chi connectivity index (χ4v) is 2.35. The highest BCUT2D eigenvalue weighted by Crippen LogP contribution is 2.23. The van der Waals surface area contributed by atoms with Gasteiger partial charge in [-0.2, -0.15) is 0 Å². The van der Waals surface area contributed by atoms with Crippen LogP contribution in [0.2, 0.25) is 0 Å². The van der Waals surface area contributed by atoms with Crippen LogP contribution < -0.4 is 5.06 Å². The minimum atomic E-state index is -0.0410. The summed E-state index contributed by atoms with van der Waals surface area (Å²) in [5.74, 6) is 0.557. The van der Waals surface area contributed by atoms with E-state index in [1.54, 1.807) is 12.3 Å². The molecule has 0 amide bonds. The van der Waals surface area contributed by atoms with Crippen molar-refractivity contribution in [3.05, 3.63) is 35.0 Å². The number of aromatic nitrogens is 1.